The molecule has 2 aromatic heterocycles. The fourth-order valence-corrected chi connectivity index (χ4v) is 5.45. The average molecular weight is 480 g/mol. The minimum atomic E-state index is 0.308. The van der Waals surface area contributed by atoms with Crippen LogP contribution in [0, 0.1) is 0 Å². The number of nitrogens with zero attached hydrogens (tertiary/aromatic N) is 5. The Morgan fingerprint density at radius 3 is 2.78 bits per heavy atom. The summed E-state index contributed by atoms with van der Waals surface area (Å²) in [6, 6.07) is 13.2. The van der Waals surface area contributed by atoms with Gasteiger partial charge in [-0.25, -0.2) is 4.98 Å². The normalized spacial score (nSPS) is 19.7. The first kappa shape index (κ1) is 22.9. The maximum atomic E-state index is 5.22. The summed E-state index contributed by atoms with van der Waals surface area (Å²) in [6.45, 7) is 8.17. The molecule has 0 bridgehead atoms. The zero-order valence-electron chi connectivity index (χ0n) is 20.7. The second kappa shape index (κ2) is 10.2. The van der Waals surface area contributed by atoms with Crippen LogP contribution in [-0.2, 0) is 13.0 Å². The summed E-state index contributed by atoms with van der Waals surface area (Å²) in [5, 5.41) is 7.12. The zero-order valence-corrected chi connectivity index (χ0v) is 20.7. The van der Waals surface area contributed by atoms with Gasteiger partial charge in [0.05, 0.1) is 24.5 Å². The smallest absolute Gasteiger partial charge is 0.133 e. The van der Waals surface area contributed by atoms with Gasteiger partial charge in [0, 0.05) is 44.1 Å². The van der Waals surface area contributed by atoms with E-state index < -0.39 is 0 Å². The molecule has 1 saturated heterocycles. The molecule has 1 aliphatic heterocycles. The van der Waals surface area contributed by atoms with Gasteiger partial charge in [0.1, 0.15) is 11.7 Å². The van der Waals surface area contributed by atoms with E-state index >= 15 is 0 Å². The van der Waals surface area contributed by atoms with E-state index in [-0.39, 0.29) is 0 Å². The van der Waals surface area contributed by atoms with Crippen molar-refractivity contribution in [2.75, 3.05) is 31.5 Å². The summed E-state index contributed by atoms with van der Waals surface area (Å²) in [5.74, 6) is 2.47. The molecule has 3 heterocycles. The lowest BCUT2D eigenvalue weighted by Crippen LogP contribution is -2.47. The molecule has 36 heavy (non-hydrogen) atoms. The lowest BCUT2D eigenvalue weighted by Gasteiger charge is -2.32. The van der Waals surface area contributed by atoms with Crippen LogP contribution in [0.15, 0.2) is 65.0 Å². The van der Waals surface area contributed by atoms with E-state index in [0.29, 0.717) is 18.5 Å². The molecule has 6 rings (SSSR count). The first-order valence-corrected chi connectivity index (χ1v) is 13.0. The number of aromatic nitrogens is 2. The van der Waals surface area contributed by atoms with Crippen LogP contribution in [0.4, 0.5) is 11.5 Å². The molecular weight excluding hydrogens is 446 g/mol. The van der Waals surface area contributed by atoms with E-state index in [1.807, 2.05) is 18.6 Å². The molecule has 3 aromatic rings. The van der Waals surface area contributed by atoms with Crippen molar-refractivity contribution in [3.05, 3.63) is 82.8 Å². The number of aryl methyl sites for hydroxylation is 1. The van der Waals surface area contributed by atoms with Gasteiger partial charge in [0.25, 0.3) is 0 Å². The Labute approximate surface area is 212 Å². The third-order valence-electron chi connectivity index (χ3n) is 7.47. The van der Waals surface area contributed by atoms with Gasteiger partial charge in [-0.3, -0.25) is 15.0 Å². The number of benzene rings is 1. The van der Waals surface area contributed by atoms with Crippen LogP contribution in [0.2, 0.25) is 0 Å². The number of piperazine rings is 1. The molecule has 0 spiro atoms. The van der Waals surface area contributed by atoms with Crippen molar-refractivity contribution >= 4 is 24.1 Å². The van der Waals surface area contributed by atoms with Gasteiger partial charge in [-0.05, 0) is 72.7 Å². The number of nitrogens with one attached hydrogen (secondary N) is 2. The molecule has 0 unspecified atom stereocenters. The molecule has 3 aliphatic rings. The molecule has 0 radical (unpaired) electrons. The quantitative estimate of drug-likeness (QED) is 0.381. The predicted molar refractivity (Wildman–Crippen MR) is 145 cm³/mol. The minimum absolute atomic E-state index is 0.308. The molecule has 184 valence electrons. The van der Waals surface area contributed by atoms with Crippen molar-refractivity contribution in [2.24, 2.45) is 9.98 Å². The van der Waals surface area contributed by atoms with Crippen LogP contribution < -0.4 is 10.6 Å². The number of hydrogen-bond acceptors (Lipinski definition) is 6. The van der Waals surface area contributed by atoms with E-state index in [1.165, 1.54) is 29.5 Å². The first-order chi connectivity index (χ1) is 17.8. The lowest BCUT2D eigenvalue weighted by atomic mass is 10.0. The van der Waals surface area contributed by atoms with E-state index in [0.717, 1.165) is 67.5 Å². The fraction of sp³-hybridized carbons (Fsp3) is 0.379. The van der Waals surface area contributed by atoms with Gasteiger partial charge < -0.3 is 15.5 Å². The van der Waals surface area contributed by atoms with Crippen LogP contribution >= 0.6 is 0 Å². The van der Waals surface area contributed by atoms with E-state index in [2.05, 4.69) is 73.6 Å². The van der Waals surface area contributed by atoms with Crippen LogP contribution in [0.1, 0.15) is 59.0 Å². The summed E-state index contributed by atoms with van der Waals surface area (Å²) in [4.78, 5) is 21.0. The summed E-state index contributed by atoms with van der Waals surface area (Å²) < 4.78 is 0. The van der Waals surface area contributed by atoms with Gasteiger partial charge >= 0.3 is 0 Å². The Morgan fingerprint density at radius 1 is 1.08 bits per heavy atom. The predicted octanol–water partition coefficient (Wildman–Crippen LogP) is 4.64. The van der Waals surface area contributed by atoms with E-state index in [9.17, 15) is 0 Å². The number of amidine groups is 1. The van der Waals surface area contributed by atoms with Gasteiger partial charge in [0.2, 0.25) is 0 Å². The van der Waals surface area contributed by atoms with Crippen molar-refractivity contribution in [1.82, 2.24) is 20.2 Å². The first-order valence-electron chi connectivity index (χ1n) is 13.0. The van der Waals surface area contributed by atoms with Crippen LogP contribution in [0.5, 0.6) is 0 Å². The number of anilines is 1. The Morgan fingerprint density at radius 2 is 1.94 bits per heavy atom. The van der Waals surface area contributed by atoms with Gasteiger partial charge in [0.15, 0.2) is 0 Å². The van der Waals surface area contributed by atoms with Crippen molar-refractivity contribution in [3.8, 4) is 0 Å². The lowest BCUT2D eigenvalue weighted by molar-refractivity contribution is 0.357. The second-order valence-corrected chi connectivity index (χ2v) is 9.92. The van der Waals surface area contributed by atoms with Crippen molar-refractivity contribution in [1.29, 1.82) is 0 Å². The molecule has 1 saturated carbocycles. The summed E-state index contributed by atoms with van der Waals surface area (Å²) in [6.07, 6.45) is 10.3. The van der Waals surface area contributed by atoms with Crippen molar-refractivity contribution < 1.29 is 0 Å². The van der Waals surface area contributed by atoms with Crippen LogP contribution in [0.3, 0.4) is 0 Å². The zero-order chi connectivity index (χ0) is 24.3. The highest BCUT2D eigenvalue weighted by atomic mass is 15.2. The summed E-state index contributed by atoms with van der Waals surface area (Å²) >= 11 is 0. The molecule has 1 atom stereocenters. The van der Waals surface area contributed by atoms with Gasteiger partial charge in [-0.2, -0.15) is 0 Å². The third kappa shape index (κ3) is 4.75. The molecule has 7 heteroatoms. The number of fused-ring (bicyclic) bond motifs is 1. The minimum Gasteiger partial charge on any atom is -0.363 e. The number of hydrogen-bond donors (Lipinski definition) is 2. The van der Waals surface area contributed by atoms with Crippen LogP contribution in [0.25, 0.3) is 0 Å². The van der Waals surface area contributed by atoms with Crippen molar-refractivity contribution in [3.63, 3.8) is 0 Å². The summed E-state index contributed by atoms with van der Waals surface area (Å²) in [5.41, 5.74) is 7.16. The Kier molecular flexibility index (Phi) is 6.47. The molecule has 1 aromatic carbocycles. The van der Waals surface area contributed by atoms with Crippen molar-refractivity contribution in [2.45, 2.75) is 44.2 Å². The standard InChI is InChI=1S/C29H33N7/c1-30-26-19-32-18-24(22-6-7-22)28(26)29(36-14-12-31-13-15-36)34-17-20-10-11-33-27(16-20)35-25-9-8-21-4-2-3-5-23(21)25/h2-5,10-11,16,18-19,22,25,31H,1,6-9,12-15,17H2,(H,33,35)/t25-/m1/s1. The molecule has 7 nitrogen and oxygen atoms in total. The molecule has 2 N–H and O–H groups in total. The average Bonchev–Trinajstić information content (AvgIpc) is 3.71. The van der Waals surface area contributed by atoms with Gasteiger partial charge in [-0.15, -0.1) is 0 Å². The molecular formula is C29H33N7. The third-order valence-corrected chi connectivity index (χ3v) is 7.47. The highest BCUT2D eigenvalue weighted by Gasteiger charge is 2.31. The highest BCUT2D eigenvalue weighted by molar-refractivity contribution is 6.04. The SMILES string of the molecule is C=Nc1cncc(C2CC2)c1C(=NCc1ccnc(N[C@@H]2CCc3ccccc32)c1)N1CCNCC1. The maximum absolute atomic E-state index is 5.22. The molecule has 2 aliphatic carbocycles. The van der Waals surface area contributed by atoms with E-state index in [1.54, 1.807) is 0 Å². The second-order valence-electron chi connectivity index (χ2n) is 9.92. The topological polar surface area (TPSA) is 77.8 Å². The number of pyridine rings is 2. The molecule has 0 amide bonds. The monoisotopic (exact) mass is 479 g/mol. The summed E-state index contributed by atoms with van der Waals surface area (Å²) in [7, 11) is 0. The fourth-order valence-electron chi connectivity index (χ4n) is 5.45. The Bertz CT molecular complexity index is 1270. The Hall–Kier alpha value is -3.58. The number of rotatable bonds is 7. The molecule has 2 fully saturated rings. The Balaban J connectivity index is 1.29. The van der Waals surface area contributed by atoms with Crippen LogP contribution in [-0.4, -0.2) is 53.6 Å². The highest BCUT2D eigenvalue weighted by Crippen LogP contribution is 2.43. The van der Waals surface area contributed by atoms with E-state index in [4.69, 9.17) is 4.99 Å². The van der Waals surface area contributed by atoms with Gasteiger partial charge in [-0.1, -0.05) is 24.3 Å². The maximum Gasteiger partial charge on any atom is 0.133 e. The number of aliphatic imine (C=N–C) groups is 2. The largest absolute Gasteiger partial charge is 0.363 e.